The molecule has 4 rings (SSSR count). The molecular formula is C24H27NO4. The Labute approximate surface area is 171 Å². The van der Waals surface area contributed by atoms with Crippen LogP contribution >= 0.6 is 0 Å². The molecule has 5 heteroatoms. The fourth-order valence-corrected chi connectivity index (χ4v) is 4.22. The lowest BCUT2D eigenvalue weighted by Crippen LogP contribution is -2.33. The van der Waals surface area contributed by atoms with Crippen LogP contribution in [0.2, 0.25) is 0 Å². The smallest absolute Gasteiger partial charge is 0.306 e. The summed E-state index contributed by atoms with van der Waals surface area (Å²) < 4.78 is 10.9. The number of hydrogen-bond acceptors (Lipinski definition) is 5. The van der Waals surface area contributed by atoms with E-state index in [1.54, 1.807) is 0 Å². The summed E-state index contributed by atoms with van der Waals surface area (Å²) >= 11 is 0. The van der Waals surface area contributed by atoms with Gasteiger partial charge in [-0.15, -0.1) is 0 Å². The first kappa shape index (κ1) is 19.7. The molecule has 29 heavy (non-hydrogen) atoms. The van der Waals surface area contributed by atoms with Gasteiger partial charge in [0.1, 0.15) is 12.4 Å². The molecule has 1 fully saturated rings. The van der Waals surface area contributed by atoms with Gasteiger partial charge in [-0.3, -0.25) is 4.79 Å². The molecular weight excluding hydrogens is 366 g/mol. The molecule has 1 saturated heterocycles. The van der Waals surface area contributed by atoms with Gasteiger partial charge in [-0.2, -0.15) is 0 Å². The summed E-state index contributed by atoms with van der Waals surface area (Å²) in [5.74, 6) is 0.712. The van der Waals surface area contributed by atoms with Crippen LogP contribution in [0.15, 0.2) is 48.0 Å². The van der Waals surface area contributed by atoms with Crippen LogP contribution in [0.3, 0.4) is 0 Å². The van der Waals surface area contributed by atoms with Crippen molar-refractivity contribution in [3.8, 4) is 5.75 Å². The van der Waals surface area contributed by atoms with Gasteiger partial charge in [0, 0.05) is 25.2 Å². The van der Waals surface area contributed by atoms with Crippen LogP contribution in [0.1, 0.15) is 41.5 Å². The van der Waals surface area contributed by atoms with Crippen LogP contribution in [-0.4, -0.2) is 42.7 Å². The van der Waals surface area contributed by atoms with Crippen molar-refractivity contribution < 1.29 is 19.4 Å². The molecule has 152 valence electrons. The van der Waals surface area contributed by atoms with Crippen LogP contribution in [0.4, 0.5) is 0 Å². The van der Waals surface area contributed by atoms with Crippen molar-refractivity contribution >= 4 is 11.5 Å². The van der Waals surface area contributed by atoms with E-state index in [0.29, 0.717) is 13.0 Å². The fourth-order valence-electron chi connectivity index (χ4n) is 4.22. The van der Waals surface area contributed by atoms with Crippen LogP contribution in [0.5, 0.6) is 5.75 Å². The quantitative estimate of drug-likeness (QED) is 0.806. The van der Waals surface area contributed by atoms with E-state index in [1.807, 2.05) is 12.1 Å². The largest absolute Gasteiger partial charge is 0.488 e. The van der Waals surface area contributed by atoms with E-state index >= 15 is 0 Å². The summed E-state index contributed by atoms with van der Waals surface area (Å²) in [5, 5.41) is 9.66. The van der Waals surface area contributed by atoms with E-state index < -0.39 is 0 Å². The van der Waals surface area contributed by atoms with Crippen LogP contribution < -0.4 is 4.74 Å². The van der Waals surface area contributed by atoms with Crippen LogP contribution in [-0.2, 0) is 22.7 Å². The Morgan fingerprint density at radius 3 is 2.69 bits per heavy atom. The highest BCUT2D eigenvalue weighted by Gasteiger charge is 2.25. The third kappa shape index (κ3) is 4.21. The summed E-state index contributed by atoms with van der Waals surface area (Å²) in [6.45, 7) is 3.14. The van der Waals surface area contributed by atoms with E-state index in [4.69, 9.17) is 9.47 Å². The number of piperidine rings is 1. The number of hydrogen-bond donors (Lipinski definition) is 1. The first-order valence-electron chi connectivity index (χ1n) is 10.2. The predicted molar refractivity (Wildman–Crippen MR) is 111 cm³/mol. The van der Waals surface area contributed by atoms with Gasteiger partial charge in [0.05, 0.1) is 20.1 Å². The number of fused-ring (bicyclic) bond motifs is 2. The second kappa shape index (κ2) is 8.80. The number of carbonyl (C=O) groups is 1. The number of esters is 1. The van der Waals surface area contributed by atoms with Crippen molar-refractivity contribution in [3.63, 3.8) is 0 Å². The Bertz CT molecular complexity index is 924. The molecule has 2 aromatic carbocycles. The third-order valence-electron chi connectivity index (χ3n) is 5.84. The Morgan fingerprint density at radius 2 is 1.93 bits per heavy atom. The van der Waals surface area contributed by atoms with E-state index in [0.717, 1.165) is 49.4 Å². The Morgan fingerprint density at radius 1 is 1.14 bits per heavy atom. The summed E-state index contributed by atoms with van der Waals surface area (Å²) in [7, 11) is 1.44. The van der Waals surface area contributed by atoms with Crippen molar-refractivity contribution in [2.45, 2.75) is 32.5 Å². The second-order valence-electron chi connectivity index (χ2n) is 7.58. The number of methoxy groups -OCH3 is 1. The van der Waals surface area contributed by atoms with Gasteiger partial charge >= 0.3 is 5.97 Å². The van der Waals surface area contributed by atoms with Gasteiger partial charge in [0.2, 0.25) is 0 Å². The Balaban J connectivity index is 1.68. The molecule has 0 amide bonds. The highest BCUT2D eigenvalue weighted by Crippen LogP contribution is 2.41. The lowest BCUT2D eigenvalue weighted by Gasteiger charge is -2.30. The molecule has 5 nitrogen and oxygen atoms in total. The minimum Gasteiger partial charge on any atom is -0.488 e. The molecule has 0 radical (unpaired) electrons. The van der Waals surface area contributed by atoms with Gasteiger partial charge in [-0.25, -0.2) is 0 Å². The maximum absolute atomic E-state index is 11.4. The van der Waals surface area contributed by atoms with Crippen LogP contribution in [0, 0.1) is 0 Å². The SMILES string of the molecule is COC(=O)CCN1CCC(=C2c3ccccc3COc3ccc(CO)cc32)CC1. The number of benzene rings is 2. The predicted octanol–water partition coefficient (Wildman–Crippen LogP) is 3.53. The summed E-state index contributed by atoms with van der Waals surface area (Å²) in [5.41, 5.74) is 7.02. The molecule has 0 unspecified atom stereocenters. The van der Waals surface area contributed by atoms with Crippen molar-refractivity contribution in [2.24, 2.45) is 0 Å². The molecule has 0 aromatic heterocycles. The number of aliphatic hydroxyl groups is 1. The highest BCUT2D eigenvalue weighted by atomic mass is 16.5. The molecule has 0 aliphatic carbocycles. The normalized spacial score (nSPS) is 16.5. The molecule has 0 saturated carbocycles. The fraction of sp³-hybridized carbons (Fsp3) is 0.375. The van der Waals surface area contributed by atoms with E-state index in [2.05, 4.69) is 35.2 Å². The van der Waals surface area contributed by atoms with Gasteiger partial charge in [-0.05, 0) is 47.2 Å². The molecule has 0 spiro atoms. The standard InChI is InChI=1S/C24H27NO4/c1-28-23(27)10-13-25-11-8-18(9-12-25)24-20-5-3-2-4-19(20)16-29-22-7-6-17(15-26)14-21(22)24/h2-7,14,26H,8-13,15-16H2,1H3. The van der Waals surface area contributed by atoms with Gasteiger partial charge in [-0.1, -0.05) is 35.9 Å². The number of ether oxygens (including phenoxy) is 2. The number of carbonyl (C=O) groups excluding carboxylic acids is 1. The lowest BCUT2D eigenvalue weighted by atomic mass is 9.86. The number of rotatable bonds is 4. The van der Waals surface area contributed by atoms with Crippen LogP contribution in [0.25, 0.3) is 5.57 Å². The summed E-state index contributed by atoms with van der Waals surface area (Å²) in [4.78, 5) is 13.8. The zero-order valence-electron chi connectivity index (χ0n) is 16.8. The summed E-state index contributed by atoms with van der Waals surface area (Å²) in [6.07, 6.45) is 2.34. The van der Waals surface area contributed by atoms with E-state index in [9.17, 15) is 9.90 Å². The van der Waals surface area contributed by atoms with E-state index in [-0.39, 0.29) is 12.6 Å². The van der Waals surface area contributed by atoms with Gasteiger partial charge < -0.3 is 19.5 Å². The van der Waals surface area contributed by atoms with Gasteiger partial charge in [0.25, 0.3) is 0 Å². The average Bonchev–Trinajstić information content (AvgIpc) is 2.94. The molecule has 2 heterocycles. The maximum Gasteiger partial charge on any atom is 0.306 e. The van der Waals surface area contributed by atoms with Crippen molar-refractivity contribution in [2.75, 3.05) is 26.7 Å². The molecule has 0 bridgehead atoms. The minimum atomic E-state index is -0.158. The first-order valence-corrected chi connectivity index (χ1v) is 10.2. The monoisotopic (exact) mass is 393 g/mol. The lowest BCUT2D eigenvalue weighted by molar-refractivity contribution is -0.141. The first-order chi connectivity index (χ1) is 14.2. The summed E-state index contributed by atoms with van der Waals surface area (Å²) in [6, 6.07) is 14.4. The zero-order chi connectivity index (χ0) is 20.2. The minimum absolute atomic E-state index is 0.0127. The van der Waals surface area contributed by atoms with E-state index in [1.165, 1.54) is 29.4 Å². The number of aliphatic hydroxyl groups excluding tert-OH is 1. The molecule has 2 aliphatic rings. The second-order valence-corrected chi connectivity index (χ2v) is 7.58. The molecule has 1 N–H and O–H groups in total. The molecule has 2 aliphatic heterocycles. The van der Waals surface area contributed by atoms with Crippen molar-refractivity contribution in [3.05, 3.63) is 70.3 Å². The maximum atomic E-state index is 11.4. The Hall–Kier alpha value is -2.63. The number of likely N-dealkylation sites (tertiary alicyclic amines) is 1. The van der Waals surface area contributed by atoms with Crippen molar-refractivity contribution in [1.82, 2.24) is 4.90 Å². The highest BCUT2D eigenvalue weighted by molar-refractivity contribution is 5.87. The Kier molecular flexibility index (Phi) is 5.97. The molecule has 0 atom stereocenters. The number of nitrogens with zero attached hydrogens (tertiary/aromatic N) is 1. The average molecular weight is 393 g/mol. The molecule has 2 aromatic rings. The van der Waals surface area contributed by atoms with Gasteiger partial charge in [0.15, 0.2) is 0 Å². The third-order valence-corrected chi connectivity index (χ3v) is 5.84. The zero-order valence-corrected chi connectivity index (χ0v) is 16.8. The van der Waals surface area contributed by atoms with Crippen molar-refractivity contribution in [1.29, 1.82) is 0 Å². The topological polar surface area (TPSA) is 59.0 Å².